The van der Waals surface area contributed by atoms with Gasteiger partial charge in [-0.2, -0.15) is 0 Å². The van der Waals surface area contributed by atoms with E-state index in [1.165, 1.54) is 0 Å². The van der Waals surface area contributed by atoms with Gasteiger partial charge in [-0.15, -0.1) is 0 Å². The van der Waals surface area contributed by atoms with Crippen LogP contribution in [0.5, 0.6) is 0 Å². The first kappa shape index (κ1) is 13.7. The molecule has 0 unspecified atom stereocenters. The zero-order valence-electron chi connectivity index (χ0n) is 12.6. The third-order valence-corrected chi connectivity index (χ3v) is 4.75. The first-order valence-corrected chi connectivity index (χ1v) is 8.52. The fourth-order valence-corrected chi connectivity index (χ4v) is 3.59. The summed E-state index contributed by atoms with van der Waals surface area (Å²) in [6.45, 7) is 0. The molecule has 0 saturated heterocycles. The minimum Gasteiger partial charge on any atom is -0.284 e. The lowest BCUT2D eigenvalue weighted by atomic mass is 10.0. The Bertz CT molecular complexity index is 1220. The van der Waals surface area contributed by atoms with Crippen LogP contribution in [0.15, 0.2) is 77.4 Å². The minimum absolute atomic E-state index is 0.888. The zero-order valence-corrected chi connectivity index (χ0v) is 14.2. The molecule has 4 heteroatoms. The van der Waals surface area contributed by atoms with E-state index in [1.54, 1.807) is 0 Å². The highest BCUT2D eigenvalue weighted by Gasteiger charge is 2.14. The van der Waals surface area contributed by atoms with Gasteiger partial charge >= 0.3 is 0 Å². The molecule has 0 atom stereocenters. The van der Waals surface area contributed by atoms with Gasteiger partial charge in [-0.25, -0.2) is 9.97 Å². The van der Waals surface area contributed by atoms with Crippen LogP contribution in [0.2, 0.25) is 0 Å². The summed E-state index contributed by atoms with van der Waals surface area (Å²) < 4.78 is 3.09. The van der Waals surface area contributed by atoms with E-state index >= 15 is 0 Å². The number of hydrogen-bond acceptors (Lipinski definition) is 2. The fraction of sp³-hybridized carbons (Fsp3) is 0. The van der Waals surface area contributed by atoms with Crippen LogP contribution in [0, 0.1) is 0 Å². The lowest BCUT2D eigenvalue weighted by Crippen LogP contribution is -1.91. The molecule has 3 heterocycles. The van der Waals surface area contributed by atoms with Crippen molar-refractivity contribution >= 4 is 43.5 Å². The van der Waals surface area contributed by atoms with Crippen LogP contribution in [0.3, 0.4) is 0 Å². The van der Waals surface area contributed by atoms with Crippen LogP contribution < -0.4 is 0 Å². The number of benzene rings is 2. The van der Waals surface area contributed by atoms with Gasteiger partial charge in [0.25, 0.3) is 0 Å². The van der Waals surface area contributed by atoms with E-state index in [4.69, 9.17) is 9.97 Å². The van der Waals surface area contributed by atoms with E-state index in [0.717, 1.165) is 43.3 Å². The lowest BCUT2D eigenvalue weighted by molar-refractivity contribution is 1.19. The SMILES string of the molecule is Brc1cccc(-c2nc3c(nc4ccccn43)c3ccccc23)c1. The quantitative estimate of drug-likeness (QED) is 0.390. The summed E-state index contributed by atoms with van der Waals surface area (Å²) in [6.07, 6.45) is 2.01. The lowest BCUT2D eigenvalue weighted by Gasteiger charge is -2.08. The maximum atomic E-state index is 4.98. The average Bonchev–Trinajstić information content (AvgIpc) is 3.00. The molecule has 0 saturated carbocycles. The van der Waals surface area contributed by atoms with Crippen LogP contribution in [0.4, 0.5) is 0 Å². The second-order valence-corrected chi connectivity index (χ2v) is 6.64. The number of imidazole rings is 1. The van der Waals surface area contributed by atoms with Gasteiger partial charge < -0.3 is 0 Å². The molecule has 2 aromatic carbocycles. The predicted molar refractivity (Wildman–Crippen MR) is 101 cm³/mol. The fourth-order valence-electron chi connectivity index (χ4n) is 3.19. The van der Waals surface area contributed by atoms with Gasteiger partial charge in [-0.1, -0.05) is 58.4 Å². The second-order valence-electron chi connectivity index (χ2n) is 5.73. The van der Waals surface area contributed by atoms with Crippen molar-refractivity contribution in [3.05, 3.63) is 77.4 Å². The summed E-state index contributed by atoms with van der Waals surface area (Å²) in [5.41, 5.74) is 4.81. The number of fused-ring (bicyclic) bond motifs is 5. The average molecular weight is 374 g/mol. The molecule has 114 valence electrons. The van der Waals surface area contributed by atoms with Crippen molar-refractivity contribution in [1.82, 2.24) is 14.4 Å². The summed E-state index contributed by atoms with van der Waals surface area (Å²) in [5, 5.41) is 2.24. The molecule has 0 N–H and O–H groups in total. The number of aromatic nitrogens is 3. The summed E-state index contributed by atoms with van der Waals surface area (Å²) in [5.74, 6) is 0. The largest absolute Gasteiger partial charge is 0.284 e. The first-order valence-electron chi connectivity index (χ1n) is 7.73. The van der Waals surface area contributed by atoms with Gasteiger partial charge in [0, 0.05) is 27.0 Å². The van der Waals surface area contributed by atoms with Gasteiger partial charge in [0.05, 0.1) is 5.69 Å². The molecule has 5 aromatic rings. The third kappa shape index (κ3) is 1.96. The molecule has 0 bridgehead atoms. The monoisotopic (exact) mass is 373 g/mol. The topological polar surface area (TPSA) is 30.2 Å². The molecule has 5 rings (SSSR count). The van der Waals surface area contributed by atoms with Gasteiger partial charge in [0.15, 0.2) is 5.65 Å². The van der Waals surface area contributed by atoms with Crippen LogP contribution >= 0.6 is 15.9 Å². The third-order valence-electron chi connectivity index (χ3n) is 4.26. The summed E-state index contributed by atoms with van der Waals surface area (Å²) in [6, 6.07) is 22.6. The summed E-state index contributed by atoms with van der Waals surface area (Å²) in [4.78, 5) is 9.77. The normalized spacial score (nSPS) is 11.5. The molecule has 0 fully saturated rings. The first-order chi connectivity index (χ1) is 11.8. The number of pyridine rings is 2. The Morgan fingerprint density at radius 2 is 1.62 bits per heavy atom. The number of halogens is 1. The summed E-state index contributed by atoms with van der Waals surface area (Å²) in [7, 11) is 0. The number of hydrogen-bond donors (Lipinski definition) is 0. The Morgan fingerprint density at radius 3 is 2.50 bits per heavy atom. The second kappa shape index (κ2) is 5.14. The molecular formula is C20H12BrN3. The van der Waals surface area contributed by atoms with Crippen LogP contribution in [-0.4, -0.2) is 14.4 Å². The van der Waals surface area contributed by atoms with Crippen molar-refractivity contribution in [3.63, 3.8) is 0 Å². The van der Waals surface area contributed by atoms with E-state index in [-0.39, 0.29) is 0 Å². The van der Waals surface area contributed by atoms with Gasteiger partial charge in [-0.05, 0) is 24.3 Å². The molecule has 0 spiro atoms. The maximum Gasteiger partial charge on any atom is 0.165 e. The van der Waals surface area contributed by atoms with Crippen molar-refractivity contribution in [1.29, 1.82) is 0 Å². The van der Waals surface area contributed by atoms with Crippen molar-refractivity contribution < 1.29 is 0 Å². The predicted octanol–water partition coefficient (Wildman–Crippen LogP) is 5.47. The Kier molecular flexibility index (Phi) is 2.94. The zero-order chi connectivity index (χ0) is 16.1. The smallest absolute Gasteiger partial charge is 0.165 e. The molecule has 0 aliphatic heterocycles. The molecule has 0 aliphatic rings. The molecule has 0 aliphatic carbocycles. The van der Waals surface area contributed by atoms with Crippen molar-refractivity contribution in [2.75, 3.05) is 0 Å². The van der Waals surface area contributed by atoms with Crippen LogP contribution in [0.1, 0.15) is 0 Å². The van der Waals surface area contributed by atoms with Crippen molar-refractivity contribution in [2.24, 2.45) is 0 Å². The highest BCUT2D eigenvalue weighted by Crippen LogP contribution is 2.33. The van der Waals surface area contributed by atoms with Crippen molar-refractivity contribution in [2.45, 2.75) is 0 Å². The molecule has 3 nitrogen and oxygen atoms in total. The van der Waals surface area contributed by atoms with Gasteiger partial charge in [0.2, 0.25) is 0 Å². The van der Waals surface area contributed by atoms with Gasteiger partial charge in [0.1, 0.15) is 11.2 Å². The molecule has 0 amide bonds. The Labute approximate surface area is 146 Å². The molecule has 24 heavy (non-hydrogen) atoms. The Morgan fingerprint density at radius 1 is 0.792 bits per heavy atom. The maximum absolute atomic E-state index is 4.98. The number of rotatable bonds is 1. The summed E-state index contributed by atoms with van der Waals surface area (Å²) >= 11 is 3.56. The minimum atomic E-state index is 0.888. The molecule has 0 radical (unpaired) electrons. The molecular weight excluding hydrogens is 362 g/mol. The van der Waals surface area contributed by atoms with Crippen LogP contribution in [0.25, 0.3) is 38.8 Å². The Balaban J connectivity index is 2.00. The van der Waals surface area contributed by atoms with E-state index in [9.17, 15) is 0 Å². The van der Waals surface area contributed by atoms with Crippen LogP contribution in [-0.2, 0) is 0 Å². The Hall–Kier alpha value is -2.72. The number of nitrogens with zero attached hydrogens (tertiary/aromatic N) is 3. The van der Waals surface area contributed by atoms with E-state index < -0.39 is 0 Å². The van der Waals surface area contributed by atoms with E-state index in [2.05, 4.69) is 46.3 Å². The van der Waals surface area contributed by atoms with Gasteiger partial charge in [-0.3, -0.25) is 4.40 Å². The standard InChI is InChI=1S/C20H12BrN3/c21-14-7-5-6-13(12-14)18-15-8-1-2-9-16(15)19-20(23-18)24-11-4-3-10-17(24)22-19/h1-12H. The van der Waals surface area contributed by atoms with E-state index in [1.807, 2.05) is 47.0 Å². The van der Waals surface area contributed by atoms with Crippen molar-refractivity contribution in [3.8, 4) is 11.3 Å². The highest BCUT2D eigenvalue weighted by atomic mass is 79.9. The van der Waals surface area contributed by atoms with E-state index in [0.29, 0.717) is 0 Å². The highest BCUT2D eigenvalue weighted by molar-refractivity contribution is 9.10. The molecule has 3 aromatic heterocycles.